The lowest BCUT2D eigenvalue weighted by atomic mass is 10.1. The molecule has 1 N–H and O–H groups in total. The summed E-state index contributed by atoms with van der Waals surface area (Å²) in [5.74, 6) is 0.568. The molecule has 2 aromatic carbocycles. The number of hydrogen-bond donors (Lipinski definition) is 1. The molecule has 0 saturated heterocycles. The van der Waals surface area contributed by atoms with Crippen LogP contribution in [0.3, 0.4) is 0 Å². The summed E-state index contributed by atoms with van der Waals surface area (Å²) in [6, 6.07) is 13.9. The van der Waals surface area contributed by atoms with Gasteiger partial charge in [-0.1, -0.05) is 47.1 Å². The van der Waals surface area contributed by atoms with Crippen molar-refractivity contribution in [3.05, 3.63) is 63.6 Å². The van der Waals surface area contributed by atoms with Crippen molar-refractivity contribution in [3.63, 3.8) is 0 Å². The van der Waals surface area contributed by atoms with E-state index in [1.807, 2.05) is 32.0 Å². The Labute approximate surface area is 146 Å². The van der Waals surface area contributed by atoms with E-state index in [4.69, 9.17) is 4.74 Å². The summed E-state index contributed by atoms with van der Waals surface area (Å²) in [6.07, 6.45) is 1.02. The van der Waals surface area contributed by atoms with Gasteiger partial charge in [-0.3, -0.25) is 4.79 Å². The van der Waals surface area contributed by atoms with Crippen molar-refractivity contribution in [1.82, 2.24) is 5.32 Å². The molecule has 4 heteroatoms. The number of carbonyl (C=O) groups excluding carboxylic acids is 1. The molecule has 0 fully saturated rings. The number of nitrogens with one attached hydrogen (secondary N) is 1. The van der Waals surface area contributed by atoms with E-state index in [0.717, 1.165) is 22.0 Å². The van der Waals surface area contributed by atoms with Crippen LogP contribution in [0.5, 0.6) is 5.75 Å². The SMILES string of the molecule is CCc1ccc([C@H](C)NC(=O)COc2ccc(Br)c(C)c2)cc1. The summed E-state index contributed by atoms with van der Waals surface area (Å²) in [4.78, 5) is 12.0. The zero-order valence-corrected chi connectivity index (χ0v) is 15.3. The third kappa shape index (κ3) is 5.10. The van der Waals surface area contributed by atoms with Gasteiger partial charge in [0, 0.05) is 4.47 Å². The molecule has 0 aliphatic carbocycles. The van der Waals surface area contributed by atoms with Gasteiger partial charge in [-0.2, -0.15) is 0 Å². The smallest absolute Gasteiger partial charge is 0.258 e. The van der Waals surface area contributed by atoms with Gasteiger partial charge in [0.15, 0.2) is 6.61 Å². The number of aryl methyl sites for hydroxylation is 2. The van der Waals surface area contributed by atoms with Crippen LogP contribution < -0.4 is 10.1 Å². The molecule has 0 unspecified atom stereocenters. The van der Waals surface area contributed by atoms with Gasteiger partial charge in [0.05, 0.1) is 6.04 Å². The van der Waals surface area contributed by atoms with Gasteiger partial charge in [0.25, 0.3) is 5.91 Å². The largest absolute Gasteiger partial charge is 0.484 e. The van der Waals surface area contributed by atoms with E-state index >= 15 is 0 Å². The van der Waals surface area contributed by atoms with Gasteiger partial charge in [-0.05, 0) is 55.2 Å². The number of halogens is 1. The third-order valence-electron chi connectivity index (χ3n) is 3.76. The van der Waals surface area contributed by atoms with Gasteiger partial charge < -0.3 is 10.1 Å². The van der Waals surface area contributed by atoms with Crippen molar-refractivity contribution in [1.29, 1.82) is 0 Å². The van der Waals surface area contributed by atoms with Gasteiger partial charge in [-0.25, -0.2) is 0 Å². The highest BCUT2D eigenvalue weighted by molar-refractivity contribution is 9.10. The van der Waals surface area contributed by atoms with E-state index in [9.17, 15) is 4.79 Å². The van der Waals surface area contributed by atoms with Crippen LogP contribution in [0.2, 0.25) is 0 Å². The summed E-state index contributed by atoms with van der Waals surface area (Å²) in [5.41, 5.74) is 3.46. The Kier molecular flexibility index (Phi) is 6.22. The number of amides is 1. The van der Waals surface area contributed by atoms with Crippen LogP contribution in [0, 0.1) is 6.92 Å². The topological polar surface area (TPSA) is 38.3 Å². The second-order valence-corrected chi connectivity index (χ2v) is 6.44. The van der Waals surface area contributed by atoms with Crippen molar-refractivity contribution in [3.8, 4) is 5.75 Å². The van der Waals surface area contributed by atoms with Crippen LogP contribution in [-0.4, -0.2) is 12.5 Å². The number of ether oxygens (including phenoxy) is 1. The van der Waals surface area contributed by atoms with Crippen LogP contribution in [-0.2, 0) is 11.2 Å². The lowest BCUT2D eigenvalue weighted by Gasteiger charge is -2.15. The van der Waals surface area contributed by atoms with E-state index in [-0.39, 0.29) is 18.6 Å². The van der Waals surface area contributed by atoms with Crippen LogP contribution in [0.25, 0.3) is 0 Å². The normalized spacial score (nSPS) is 11.8. The van der Waals surface area contributed by atoms with E-state index < -0.39 is 0 Å². The highest BCUT2D eigenvalue weighted by Gasteiger charge is 2.10. The number of hydrogen-bond acceptors (Lipinski definition) is 2. The molecule has 0 saturated carbocycles. The summed E-state index contributed by atoms with van der Waals surface area (Å²) < 4.78 is 6.57. The van der Waals surface area contributed by atoms with Crippen molar-refractivity contribution < 1.29 is 9.53 Å². The number of carbonyl (C=O) groups is 1. The first-order valence-electron chi connectivity index (χ1n) is 7.76. The van der Waals surface area contributed by atoms with Crippen LogP contribution in [0.4, 0.5) is 0 Å². The van der Waals surface area contributed by atoms with E-state index in [2.05, 4.69) is 52.4 Å². The minimum absolute atomic E-state index is 0.0124. The van der Waals surface area contributed by atoms with E-state index in [1.54, 1.807) is 0 Å². The Bertz CT molecular complexity index is 668. The fraction of sp³-hybridized carbons (Fsp3) is 0.316. The first-order chi connectivity index (χ1) is 11.0. The molecule has 2 aromatic rings. The average molecular weight is 376 g/mol. The van der Waals surface area contributed by atoms with E-state index in [1.165, 1.54) is 5.56 Å². The molecule has 23 heavy (non-hydrogen) atoms. The van der Waals surface area contributed by atoms with Crippen molar-refractivity contribution in [2.45, 2.75) is 33.2 Å². The molecule has 122 valence electrons. The lowest BCUT2D eigenvalue weighted by molar-refractivity contribution is -0.123. The quantitative estimate of drug-likeness (QED) is 0.802. The maximum atomic E-state index is 12.0. The van der Waals surface area contributed by atoms with Crippen molar-refractivity contribution in [2.24, 2.45) is 0 Å². The fourth-order valence-corrected chi connectivity index (χ4v) is 2.51. The molecule has 0 aliphatic rings. The number of rotatable bonds is 6. The van der Waals surface area contributed by atoms with Gasteiger partial charge in [-0.15, -0.1) is 0 Å². The second kappa shape index (κ2) is 8.16. The predicted octanol–water partition coefficient (Wildman–Crippen LogP) is 4.58. The molecule has 0 bridgehead atoms. The zero-order chi connectivity index (χ0) is 16.8. The van der Waals surface area contributed by atoms with Crippen LogP contribution in [0.1, 0.15) is 36.6 Å². The minimum atomic E-state index is -0.127. The average Bonchev–Trinajstić information content (AvgIpc) is 2.56. The molecular weight excluding hydrogens is 354 g/mol. The summed E-state index contributed by atoms with van der Waals surface area (Å²) in [7, 11) is 0. The first-order valence-corrected chi connectivity index (χ1v) is 8.56. The maximum Gasteiger partial charge on any atom is 0.258 e. The maximum absolute atomic E-state index is 12.0. The van der Waals surface area contributed by atoms with Crippen LogP contribution >= 0.6 is 15.9 Å². The molecular formula is C19H22BrNO2. The fourth-order valence-electron chi connectivity index (χ4n) is 2.26. The molecule has 1 atom stereocenters. The minimum Gasteiger partial charge on any atom is -0.484 e. The molecule has 3 nitrogen and oxygen atoms in total. The molecule has 0 heterocycles. The summed E-state index contributed by atoms with van der Waals surface area (Å²) >= 11 is 3.44. The molecule has 0 radical (unpaired) electrons. The Morgan fingerprint density at radius 1 is 1.22 bits per heavy atom. The second-order valence-electron chi connectivity index (χ2n) is 5.58. The first kappa shape index (κ1) is 17.5. The van der Waals surface area contributed by atoms with Crippen molar-refractivity contribution in [2.75, 3.05) is 6.61 Å². The van der Waals surface area contributed by atoms with Gasteiger partial charge >= 0.3 is 0 Å². The van der Waals surface area contributed by atoms with Crippen molar-refractivity contribution >= 4 is 21.8 Å². The molecule has 0 spiro atoms. The summed E-state index contributed by atoms with van der Waals surface area (Å²) in [6.45, 7) is 6.10. The van der Waals surface area contributed by atoms with Gasteiger partial charge in [0.2, 0.25) is 0 Å². The Morgan fingerprint density at radius 2 is 1.91 bits per heavy atom. The Hall–Kier alpha value is -1.81. The third-order valence-corrected chi connectivity index (χ3v) is 4.65. The molecule has 0 aromatic heterocycles. The highest BCUT2D eigenvalue weighted by atomic mass is 79.9. The highest BCUT2D eigenvalue weighted by Crippen LogP contribution is 2.21. The standard InChI is InChI=1S/C19H22BrNO2/c1-4-15-5-7-16(8-6-15)14(3)21-19(22)12-23-17-9-10-18(20)13(2)11-17/h5-11,14H,4,12H2,1-3H3,(H,21,22)/t14-/m0/s1. The zero-order valence-electron chi connectivity index (χ0n) is 13.7. The molecule has 1 amide bonds. The monoisotopic (exact) mass is 375 g/mol. The molecule has 0 aliphatic heterocycles. The van der Waals surface area contributed by atoms with Crippen LogP contribution in [0.15, 0.2) is 46.9 Å². The number of benzene rings is 2. The Morgan fingerprint density at radius 3 is 2.52 bits per heavy atom. The lowest BCUT2D eigenvalue weighted by Crippen LogP contribution is -2.31. The summed E-state index contributed by atoms with van der Waals surface area (Å²) in [5, 5.41) is 2.96. The molecule has 2 rings (SSSR count). The van der Waals surface area contributed by atoms with Gasteiger partial charge in [0.1, 0.15) is 5.75 Å². The van der Waals surface area contributed by atoms with E-state index in [0.29, 0.717) is 5.75 Å². The predicted molar refractivity (Wildman–Crippen MR) is 96.8 cm³/mol. The Balaban J connectivity index is 1.86.